The molecule has 0 saturated carbocycles. The van der Waals surface area contributed by atoms with E-state index in [-0.39, 0.29) is 17.5 Å². The average molecular weight is 346 g/mol. The van der Waals surface area contributed by atoms with Crippen LogP contribution in [0.15, 0.2) is 28.4 Å². The van der Waals surface area contributed by atoms with E-state index in [9.17, 15) is 9.59 Å². The molecule has 0 aromatic carbocycles. The van der Waals surface area contributed by atoms with Gasteiger partial charge in [-0.1, -0.05) is 6.07 Å². The van der Waals surface area contributed by atoms with E-state index in [0.29, 0.717) is 19.6 Å². The number of hydrogen-bond donors (Lipinski definition) is 1. The number of thiophene rings is 1. The van der Waals surface area contributed by atoms with Crippen molar-refractivity contribution in [1.82, 2.24) is 20.0 Å². The van der Waals surface area contributed by atoms with Crippen LogP contribution in [0.1, 0.15) is 30.0 Å². The summed E-state index contributed by atoms with van der Waals surface area (Å²) < 4.78 is 1.49. The normalized spacial score (nSPS) is 15.8. The molecule has 6 nitrogen and oxygen atoms in total. The van der Waals surface area contributed by atoms with Crippen molar-refractivity contribution in [2.45, 2.75) is 45.9 Å². The van der Waals surface area contributed by atoms with Crippen LogP contribution in [0.5, 0.6) is 0 Å². The van der Waals surface area contributed by atoms with Crippen molar-refractivity contribution < 1.29 is 4.79 Å². The molecule has 0 spiro atoms. The van der Waals surface area contributed by atoms with Gasteiger partial charge in [0.1, 0.15) is 0 Å². The molecule has 0 bridgehead atoms. The van der Waals surface area contributed by atoms with Gasteiger partial charge in [0.15, 0.2) is 0 Å². The summed E-state index contributed by atoms with van der Waals surface area (Å²) in [7, 11) is 0. The molecule has 1 aliphatic rings. The average Bonchev–Trinajstić information content (AvgIpc) is 3.11. The SMILES string of the molecule is CCn1nc2c(cc1=O)CN([C@H](C)C(=O)NCc1cccs1)CC2. The van der Waals surface area contributed by atoms with Crippen LogP contribution in [-0.2, 0) is 30.8 Å². The van der Waals surface area contributed by atoms with Gasteiger partial charge in [0.25, 0.3) is 5.56 Å². The molecule has 1 amide bonds. The summed E-state index contributed by atoms with van der Waals surface area (Å²) in [5, 5.41) is 9.40. The molecule has 2 aromatic heterocycles. The third-order valence-corrected chi connectivity index (χ3v) is 5.29. The Morgan fingerprint density at radius 2 is 2.33 bits per heavy atom. The summed E-state index contributed by atoms with van der Waals surface area (Å²) in [6, 6.07) is 5.42. The fourth-order valence-electron chi connectivity index (χ4n) is 2.92. The molecular weight excluding hydrogens is 324 g/mol. The molecule has 0 saturated heterocycles. The zero-order valence-electron chi connectivity index (χ0n) is 14.0. The topological polar surface area (TPSA) is 67.2 Å². The predicted molar refractivity (Wildman–Crippen MR) is 93.9 cm³/mol. The van der Waals surface area contributed by atoms with Crippen molar-refractivity contribution in [3.05, 3.63) is 50.1 Å². The number of nitrogens with zero attached hydrogens (tertiary/aromatic N) is 3. The van der Waals surface area contributed by atoms with Crippen molar-refractivity contribution in [2.24, 2.45) is 0 Å². The fraction of sp³-hybridized carbons (Fsp3) is 0.471. The second kappa shape index (κ2) is 7.27. The molecule has 128 valence electrons. The number of carbonyl (C=O) groups is 1. The molecular formula is C17H22N4O2S. The first-order valence-corrected chi connectivity index (χ1v) is 9.10. The summed E-state index contributed by atoms with van der Waals surface area (Å²) in [5.41, 5.74) is 1.83. The van der Waals surface area contributed by atoms with Crippen molar-refractivity contribution in [3.63, 3.8) is 0 Å². The highest BCUT2D eigenvalue weighted by Crippen LogP contribution is 2.17. The van der Waals surface area contributed by atoms with Gasteiger partial charge in [-0.05, 0) is 30.9 Å². The van der Waals surface area contributed by atoms with Gasteiger partial charge in [-0.2, -0.15) is 5.10 Å². The maximum atomic E-state index is 12.4. The minimum Gasteiger partial charge on any atom is -0.350 e. The molecule has 0 aliphatic carbocycles. The molecule has 7 heteroatoms. The Bertz CT molecular complexity index is 769. The standard InChI is InChI=1S/C17H22N4O2S/c1-3-21-16(22)9-13-11-20(7-6-15(13)19-21)12(2)17(23)18-10-14-5-4-8-24-14/h4-5,8-9,12H,3,6-7,10-11H2,1-2H3,(H,18,23)/t12-/m1/s1. The largest absolute Gasteiger partial charge is 0.350 e. The van der Waals surface area contributed by atoms with Crippen LogP contribution in [0.2, 0.25) is 0 Å². The second-order valence-electron chi connectivity index (χ2n) is 5.96. The van der Waals surface area contributed by atoms with Gasteiger partial charge < -0.3 is 5.32 Å². The number of nitrogens with one attached hydrogen (secondary N) is 1. The molecule has 1 aliphatic heterocycles. The number of aromatic nitrogens is 2. The molecule has 0 unspecified atom stereocenters. The monoisotopic (exact) mass is 346 g/mol. The van der Waals surface area contributed by atoms with Gasteiger partial charge in [-0.25, -0.2) is 4.68 Å². The van der Waals surface area contributed by atoms with Crippen molar-refractivity contribution in [1.29, 1.82) is 0 Å². The Labute approximate surface area is 145 Å². The molecule has 24 heavy (non-hydrogen) atoms. The van der Waals surface area contributed by atoms with E-state index < -0.39 is 0 Å². The second-order valence-corrected chi connectivity index (χ2v) is 7.00. The van der Waals surface area contributed by atoms with E-state index in [4.69, 9.17) is 0 Å². The molecule has 0 radical (unpaired) electrons. The van der Waals surface area contributed by atoms with Crippen LogP contribution >= 0.6 is 11.3 Å². The summed E-state index contributed by atoms with van der Waals surface area (Å²) in [5.74, 6) is 0.0155. The molecule has 2 aromatic rings. The number of fused-ring (bicyclic) bond motifs is 1. The Kier molecular flexibility index (Phi) is 5.11. The highest BCUT2D eigenvalue weighted by Gasteiger charge is 2.26. The Morgan fingerprint density at radius 3 is 3.04 bits per heavy atom. The molecule has 3 heterocycles. The van der Waals surface area contributed by atoms with Crippen molar-refractivity contribution >= 4 is 17.2 Å². The van der Waals surface area contributed by atoms with E-state index in [0.717, 1.165) is 29.1 Å². The number of carbonyl (C=O) groups excluding carboxylic acids is 1. The lowest BCUT2D eigenvalue weighted by Gasteiger charge is -2.32. The quantitative estimate of drug-likeness (QED) is 0.888. The minimum atomic E-state index is -0.230. The Morgan fingerprint density at radius 1 is 1.50 bits per heavy atom. The first kappa shape index (κ1) is 16.9. The molecule has 3 rings (SSSR count). The summed E-state index contributed by atoms with van der Waals surface area (Å²) in [6.07, 6.45) is 0.762. The third-order valence-electron chi connectivity index (χ3n) is 4.42. The van der Waals surface area contributed by atoms with Gasteiger partial charge >= 0.3 is 0 Å². The minimum absolute atomic E-state index is 0.0155. The fourth-order valence-corrected chi connectivity index (χ4v) is 3.56. The smallest absolute Gasteiger partial charge is 0.267 e. The Hall–Kier alpha value is -1.99. The maximum absolute atomic E-state index is 12.4. The van der Waals surface area contributed by atoms with E-state index in [2.05, 4.69) is 15.3 Å². The van der Waals surface area contributed by atoms with E-state index in [1.54, 1.807) is 17.4 Å². The predicted octanol–water partition coefficient (Wildman–Crippen LogP) is 1.39. The number of rotatable bonds is 5. The zero-order chi connectivity index (χ0) is 17.1. The lowest BCUT2D eigenvalue weighted by atomic mass is 10.0. The van der Waals surface area contributed by atoms with Crippen LogP contribution in [0.3, 0.4) is 0 Å². The summed E-state index contributed by atoms with van der Waals surface area (Å²) in [4.78, 5) is 27.6. The van der Waals surface area contributed by atoms with Gasteiger partial charge in [-0.3, -0.25) is 14.5 Å². The number of aryl methyl sites for hydroxylation is 1. The van der Waals surface area contributed by atoms with Gasteiger partial charge in [-0.15, -0.1) is 11.3 Å². The van der Waals surface area contributed by atoms with Crippen molar-refractivity contribution in [3.8, 4) is 0 Å². The molecule has 1 N–H and O–H groups in total. The van der Waals surface area contributed by atoms with Gasteiger partial charge in [0.05, 0.1) is 18.3 Å². The number of amides is 1. The lowest BCUT2D eigenvalue weighted by Crippen LogP contribution is -2.47. The molecule has 0 fully saturated rings. The summed E-state index contributed by atoms with van der Waals surface area (Å²) in [6.45, 7) is 6.34. The number of hydrogen-bond acceptors (Lipinski definition) is 5. The maximum Gasteiger partial charge on any atom is 0.267 e. The van der Waals surface area contributed by atoms with Gasteiger partial charge in [0, 0.05) is 37.0 Å². The van der Waals surface area contributed by atoms with Crippen LogP contribution in [0.25, 0.3) is 0 Å². The Balaban J connectivity index is 1.64. The third kappa shape index (κ3) is 3.57. The van der Waals surface area contributed by atoms with Crippen LogP contribution in [0, 0.1) is 0 Å². The highest BCUT2D eigenvalue weighted by atomic mass is 32.1. The first-order chi connectivity index (χ1) is 11.6. The van der Waals surface area contributed by atoms with E-state index in [1.807, 2.05) is 31.4 Å². The first-order valence-electron chi connectivity index (χ1n) is 8.22. The van der Waals surface area contributed by atoms with Crippen LogP contribution in [-0.4, -0.2) is 33.2 Å². The van der Waals surface area contributed by atoms with E-state index in [1.165, 1.54) is 4.68 Å². The summed E-state index contributed by atoms with van der Waals surface area (Å²) >= 11 is 1.63. The zero-order valence-corrected chi connectivity index (χ0v) is 14.8. The van der Waals surface area contributed by atoms with Crippen LogP contribution < -0.4 is 10.9 Å². The van der Waals surface area contributed by atoms with E-state index >= 15 is 0 Å². The lowest BCUT2D eigenvalue weighted by molar-refractivity contribution is -0.126. The van der Waals surface area contributed by atoms with Gasteiger partial charge in [0.2, 0.25) is 5.91 Å². The van der Waals surface area contributed by atoms with Crippen molar-refractivity contribution in [2.75, 3.05) is 6.54 Å². The van der Waals surface area contributed by atoms with Crippen LogP contribution in [0.4, 0.5) is 0 Å². The molecule has 1 atom stereocenters. The highest BCUT2D eigenvalue weighted by molar-refractivity contribution is 7.09.